The second kappa shape index (κ2) is 11.4. The molecular weight excluding hydrogens is 427 g/mol. The molecule has 0 saturated carbocycles. The maximum atomic E-state index is 5.33. The number of rotatable bonds is 7. The standard InChI is InChI=1S/C19H32N4O.HI/c1-5-15(3)22-19(20-6-2)21-13-16-10-11-23(14-16)17-8-7-9-18(12-17)24-4;/h7-9,12,15-16H,5-6,10-11,13-14H2,1-4H3,(H2,20,21,22);1H. The lowest BCUT2D eigenvalue weighted by atomic mass is 10.1. The first-order chi connectivity index (χ1) is 11.7. The van der Waals surface area contributed by atoms with Gasteiger partial charge in [-0.15, -0.1) is 24.0 Å². The van der Waals surface area contributed by atoms with Crippen molar-refractivity contribution in [2.24, 2.45) is 10.9 Å². The molecule has 2 rings (SSSR count). The Hall–Kier alpha value is -1.18. The second-order valence-electron chi connectivity index (χ2n) is 6.48. The topological polar surface area (TPSA) is 48.9 Å². The lowest BCUT2D eigenvalue weighted by Crippen LogP contribution is -2.42. The predicted octanol–water partition coefficient (Wildman–Crippen LogP) is 3.49. The molecule has 0 aromatic heterocycles. The lowest BCUT2D eigenvalue weighted by molar-refractivity contribution is 0.415. The van der Waals surface area contributed by atoms with E-state index in [2.05, 4.69) is 54.5 Å². The zero-order chi connectivity index (χ0) is 17.4. The number of guanidine groups is 1. The Morgan fingerprint density at radius 2 is 2.20 bits per heavy atom. The second-order valence-corrected chi connectivity index (χ2v) is 6.48. The lowest BCUT2D eigenvalue weighted by Gasteiger charge is -2.19. The van der Waals surface area contributed by atoms with Gasteiger partial charge in [0.15, 0.2) is 5.96 Å². The van der Waals surface area contributed by atoms with Gasteiger partial charge in [-0.3, -0.25) is 4.99 Å². The van der Waals surface area contributed by atoms with Gasteiger partial charge in [-0.25, -0.2) is 0 Å². The van der Waals surface area contributed by atoms with E-state index in [1.54, 1.807) is 7.11 Å². The fraction of sp³-hybridized carbons (Fsp3) is 0.632. The van der Waals surface area contributed by atoms with Crippen LogP contribution in [0.4, 0.5) is 5.69 Å². The molecule has 0 amide bonds. The van der Waals surface area contributed by atoms with Gasteiger partial charge in [0.1, 0.15) is 5.75 Å². The highest BCUT2D eigenvalue weighted by Gasteiger charge is 2.22. The summed E-state index contributed by atoms with van der Waals surface area (Å²) in [4.78, 5) is 7.22. The third-order valence-electron chi connectivity index (χ3n) is 4.55. The van der Waals surface area contributed by atoms with Gasteiger partial charge in [-0.05, 0) is 44.7 Å². The molecule has 1 aromatic carbocycles. The fourth-order valence-corrected chi connectivity index (χ4v) is 2.90. The highest BCUT2D eigenvalue weighted by atomic mass is 127. The Kier molecular flexibility index (Phi) is 10.0. The SMILES string of the molecule is CCNC(=NCC1CCN(c2cccc(OC)c2)C1)NC(C)CC.I. The van der Waals surface area contributed by atoms with Crippen LogP contribution in [0.2, 0.25) is 0 Å². The van der Waals surface area contributed by atoms with Gasteiger partial charge >= 0.3 is 0 Å². The van der Waals surface area contributed by atoms with Crippen LogP contribution in [0.5, 0.6) is 5.75 Å². The van der Waals surface area contributed by atoms with Gasteiger partial charge in [-0.2, -0.15) is 0 Å². The minimum absolute atomic E-state index is 0. The molecule has 25 heavy (non-hydrogen) atoms. The summed E-state index contributed by atoms with van der Waals surface area (Å²) in [5.41, 5.74) is 1.24. The minimum atomic E-state index is 0. The van der Waals surface area contributed by atoms with E-state index in [1.807, 2.05) is 6.07 Å². The van der Waals surface area contributed by atoms with Crippen LogP contribution >= 0.6 is 24.0 Å². The van der Waals surface area contributed by atoms with Gasteiger partial charge in [-0.1, -0.05) is 13.0 Å². The highest BCUT2D eigenvalue weighted by Crippen LogP contribution is 2.26. The smallest absolute Gasteiger partial charge is 0.191 e. The van der Waals surface area contributed by atoms with Crippen LogP contribution in [0, 0.1) is 5.92 Å². The van der Waals surface area contributed by atoms with Crippen molar-refractivity contribution in [1.29, 1.82) is 0 Å². The molecule has 1 heterocycles. The molecular formula is C19H33IN4O. The van der Waals surface area contributed by atoms with Crippen molar-refractivity contribution in [3.63, 3.8) is 0 Å². The van der Waals surface area contributed by atoms with Crippen LogP contribution in [-0.4, -0.2) is 45.3 Å². The Morgan fingerprint density at radius 3 is 2.88 bits per heavy atom. The summed E-state index contributed by atoms with van der Waals surface area (Å²) in [7, 11) is 1.72. The number of halogens is 1. The summed E-state index contributed by atoms with van der Waals surface area (Å²) < 4.78 is 5.33. The molecule has 1 aliphatic rings. The molecule has 1 saturated heterocycles. The molecule has 2 N–H and O–H groups in total. The normalized spacial score (nSPS) is 18.5. The first-order valence-corrected chi connectivity index (χ1v) is 9.10. The number of anilines is 1. The molecule has 0 bridgehead atoms. The molecule has 2 unspecified atom stereocenters. The minimum Gasteiger partial charge on any atom is -0.497 e. The average Bonchev–Trinajstić information content (AvgIpc) is 3.09. The Bertz CT molecular complexity index is 538. The van der Waals surface area contributed by atoms with E-state index >= 15 is 0 Å². The molecule has 1 fully saturated rings. The van der Waals surface area contributed by atoms with E-state index in [0.717, 1.165) is 44.3 Å². The van der Waals surface area contributed by atoms with Crippen molar-refractivity contribution >= 4 is 35.6 Å². The quantitative estimate of drug-likeness (QED) is 0.372. The number of aliphatic imine (C=N–C) groups is 1. The Labute approximate surface area is 169 Å². The highest BCUT2D eigenvalue weighted by molar-refractivity contribution is 14.0. The van der Waals surface area contributed by atoms with Gasteiger partial charge in [0.2, 0.25) is 0 Å². The third-order valence-corrected chi connectivity index (χ3v) is 4.55. The molecule has 6 heteroatoms. The average molecular weight is 460 g/mol. The van der Waals surface area contributed by atoms with E-state index in [4.69, 9.17) is 9.73 Å². The van der Waals surface area contributed by atoms with Crippen LogP contribution in [0.15, 0.2) is 29.3 Å². The molecule has 1 aliphatic heterocycles. The summed E-state index contributed by atoms with van der Waals surface area (Å²) in [5.74, 6) is 2.46. The summed E-state index contributed by atoms with van der Waals surface area (Å²) in [6, 6.07) is 8.76. The number of nitrogens with zero attached hydrogens (tertiary/aromatic N) is 2. The largest absolute Gasteiger partial charge is 0.497 e. The number of nitrogens with one attached hydrogen (secondary N) is 2. The van der Waals surface area contributed by atoms with Gasteiger partial charge in [0, 0.05) is 44.0 Å². The molecule has 1 aromatic rings. The zero-order valence-corrected chi connectivity index (χ0v) is 18.2. The van der Waals surface area contributed by atoms with Crippen LogP contribution in [0.1, 0.15) is 33.6 Å². The number of methoxy groups -OCH3 is 1. The molecule has 0 spiro atoms. The number of ether oxygens (including phenoxy) is 1. The van der Waals surface area contributed by atoms with Crippen LogP contribution in [-0.2, 0) is 0 Å². The van der Waals surface area contributed by atoms with E-state index in [-0.39, 0.29) is 24.0 Å². The molecule has 0 aliphatic carbocycles. The summed E-state index contributed by atoms with van der Waals surface area (Å²) in [6.45, 7) is 10.4. The third kappa shape index (κ3) is 6.92. The van der Waals surface area contributed by atoms with Crippen molar-refractivity contribution in [1.82, 2.24) is 10.6 Å². The van der Waals surface area contributed by atoms with E-state index < -0.39 is 0 Å². The van der Waals surface area contributed by atoms with Gasteiger partial charge in [0.25, 0.3) is 0 Å². The van der Waals surface area contributed by atoms with Crippen LogP contribution in [0.3, 0.4) is 0 Å². The first kappa shape index (κ1) is 21.9. The van der Waals surface area contributed by atoms with E-state index in [9.17, 15) is 0 Å². The van der Waals surface area contributed by atoms with E-state index in [0.29, 0.717) is 12.0 Å². The van der Waals surface area contributed by atoms with Crippen molar-refractivity contribution < 1.29 is 4.74 Å². The fourth-order valence-electron chi connectivity index (χ4n) is 2.90. The Morgan fingerprint density at radius 1 is 1.40 bits per heavy atom. The molecule has 5 nitrogen and oxygen atoms in total. The van der Waals surface area contributed by atoms with E-state index in [1.165, 1.54) is 12.1 Å². The van der Waals surface area contributed by atoms with Gasteiger partial charge in [0.05, 0.1) is 7.11 Å². The van der Waals surface area contributed by atoms with Crippen LogP contribution in [0.25, 0.3) is 0 Å². The summed E-state index contributed by atoms with van der Waals surface area (Å²) in [6.07, 6.45) is 2.28. The Balaban J connectivity index is 0.00000312. The van der Waals surface area contributed by atoms with Crippen molar-refractivity contribution in [3.05, 3.63) is 24.3 Å². The summed E-state index contributed by atoms with van der Waals surface area (Å²) in [5, 5.41) is 6.80. The van der Waals surface area contributed by atoms with Gasteiger partial charge < -0.3 is 20.3 Å². The van der Waals surface area contributed by atoms with Crippen molar-refractivity contribution in [2.75, 3.05) is 38.2 Å². The number of hydrogen-bond acceptors (Lipinski definition) is 3. The van der Waals surface area contributed by atoms with Crippen molar-refractivity contribution in [2.45, 2.75) is 39.7 Å². The predicted molar refractivity (Wildman–Crippen MR) is 118 cm³/mol. The van der Waals surface area contributed by atoms with Crippen LogP contribution < -0.4 is 20.3 Å². The first-order valence-electron chi connectivity index (χ1n) is 9.10. The maximum Gasteiger partial charge on any atom is 0.191 e. The molecule has 0 radical (unpaired) electrons. The maximum absolute atomic E-state index is 5.33. The number of hydrogen-bond donors (Lipinski definition) is 2. The molecule has 142 valence electrons. The molecule has 2 atom stereocenters. The number of benzene rings is 1. The summed E-state index contributed by atoms with van der Waals surface area (Å²) >= 11 is 0. The monoisotopic (exact) mass is 460 g/mol. The zero-order valence-electron chi connectivity index (χ0n) is 15.9. The van der Waals surface area contributed by atoms with Crippen molar-refractivity contribution in [3.8, 4) is 5.75 Å².